The number of carbonyl (C=O) groups is 2. The molecule has 0 aliphatic carbocycles. The second kappa shape index (κ2) is 4.48. The highest BCUT2D eigenvalue weighted by molar-refractivity contribution is 6.33. The van der Waals surface area contributed by atoms with Gasteiger partial charge < -0.3 is 0 Å². The Hall–Kier alpha value is -2.56. The molecule has 0 atom stereocenters. The van der Waals surface area contributed by atoms with Crippen molar-refractivity contribution in [2.45, 2.75) is 26.2 Å². The highest BCUT2D eigenvalue weighted by Crippen LogP contribution is 2.29. The third kappa shape index (κ3) is 2.11. The van der Waals surface area contributed by atoms with Crippen LogP contribution in [-0.2, 0) is 5.41 Å². The lowest BCUT2D eigenvalue weighted by Crippen LogP contribution is -2.29. The minimum Gasteiger partial charge on any atom is -0.266 e. The van der Waals surface area contributed by atoms with Gasteiger partial charge in [-0.25, -0.2) is 14.9 Å². The van der Waals surface area contributed by atoms with E-state index in [1.807, 2.05) is 12.1 Å². The van der Waals surface area contributed by atoms with Crippen molar-refractivity contribution >= 4 is 17.5 Å². The Morgan fingerprint density at radius 3 is 1.76 bits per heavy atom. The van der Waals surface area contributed by atoms with Crippen LogP contribution < -0.4 is 4.90 Å². The van der Waals surface area contributed by atoms with Crippen LogP contribution in [0.3, 0.4) is 0 Å². The largest absolute Gasteiger partial charge is 0.286 e. The molecule has 0 saturated heterocycles. The van der Waals surface area contributed by atoms with E-state index in [1.165, 1.54) is 12.4 Å². The van der Waals surface area contributed by atoms with E-state index in [9.17, 15) is 9.59 Å². The SMILES string of the molecule is CC(C)(C)c1ccc(N2C(=O)c3nccnc3C2=O)cc1. The number of aromatic nitrogens is 2. The topological polar surface area (TPSA) is 63.2 Å². The molecule has 1 aliphatic heterocycles. The van der Waals surface area contributed by atoms with Crippen molar-refractivity contribution in [2.75, 3.05) is 4.90 Å². The lowest BCUT2D eigenvalue weighted by molar-refractivity contribution is 0.0923. The van der Waals surface area contributed by atoms with Crippen molar-refractivity contribution < 1.29 is 9.59 Å². The number of hydrogen-bond acceptors (Lipinski definition) is 4. The summed E-state index contributed by atoms with van der Waals surface area (Å²) >= 11 is 0. The monoisotopic (exact) mass is 281 g/mol. The van der Waals surface area contributed by atoms with Crippen LogP contribution in [0.5, 0.6) is 0 Å². The normalized spacial score (nSPS) is 14.5. The van der Waals surface area contributed by atoms with Crippen molar-refractivity contribution in [2.24, 2.45) is 0 Å². The number of amides is 2. The first-order valence-corrected chi connectivity index (χ1v) is 6.70. The van der Waals surface area contributed by atoms with Gasteiger partial charge in [-0.3, -0.25) is 9.59 Å². The molecule has 2 heterocycles. The second-order valence-electron chi connectivity index (χ2n) is 6.00. The van der Waals surface area contributed by atoms with Crippen LogP contribution >= 0.6 is 0 Å². The van der Waals surface area contributed by atoms with Crippen LogP contribution in [0.15, 0.2) is 36.7 Å². The number of fused-ring (bicyclic) bond motifs is 1. The van der Waals surface area contributed by atoms with Gasteiger partial charge in [0.1, 0.15) is 0 Å². The highest BCUT2D eigenvalue weighted by Gasteiger charge is 2.39. The molecule has 106 valence electrons. The summed E-state index contributed by atoms with van der Waals surface area (Å²) in [7, 11) is 0. The molecular formula is C16H15N3O2. The number of nitrogens with zero attached hydrogens (tertiary/aromatic N) is 3. The van der Waals surface area contributed by atoms with Crippen LogP contribution in [0.2, 0.25) is 0 Å². The molecule has 0 radical (unpaired) electrons. The Kier molecular flexibility index (Phi) is 2.86. The molecule has 2 amide bonds. The first-order chi connectivity index (χ1) is 9.89. The van der Waals surface area contributed by atoms with Gasteiger partial charge in [0.05, 0.1) is 5.69 Å². The number of benzene rings is 1. The summed E-state index contributed by atoms with van der Waals surface area (Å²) in [6.07, 6.45) is 2.83. The van der Waals surface area contributed by atoms with Crippen molar-refractivity contribution in [1.82, 2.24) is 9.97 Å². The first kappa shape index (κ1) is 13.4. The van der Waals surface area contributed by atoms with Gasteiger partial charge in [-0.05, 0) is 23.1 Å². The minimum atomic E-state index is -0.424. The molecule has 1 aromatic heterocycles. The Morgan fingerprint density at radius 1 is 0.857 bits per heavy atom. The predicted octanol–water partition coefficient (Wildman–Crippen LogP) is 2.57. The maximum atomic E-state index is 12.3. The number of anilines is 1. The summed E-state index contributed by atoms with van der Waals surface area (Å²) in [5, 5.41) is 0. The molecule has 0 unspecified atom stereocenters. The highest BCUT2D eigenvalue weighted by atomic mass is 16.2. The van der Waals surface area contributed by atoms with E-state index in [0.29, 0.717) is 5.69 Å². The van der Waals surface area contributed by atoms with Gasteiger partial charge in [0.2, 0.25) is 0 Å². The average molecular weight is 281 g/mol. The van der Waals surface area contributed by atoms with Gasteiger partial charge in [-0.1, -0.05) is 32.9 Å². The Morgan fingerprint density at radius 2 is 1.33 bits per heavy atom. The summed E-state index contributed by atoms with van der Waals surface area (Å²) in [6, 6.07) is 7.42. The van der Waals surface area contributed by atoms with Crippen molar-refractivity contribution in [3.8, 4) is 0 Å². The van der Waals surface area contributed by atoms with Gasteiger partial charge in [0, 0.05) is 12.4 Å². The molecule has 0 spiro atoms. The Bertz CT molecular complexity index is 695. The van der Waals surface area contributed by atoms with Crippen LogP contribution in [0, 0.1) is 0 Å². The third-order valence-electron chi connectivity index (χ3n) is 3.50. The molecule has 1 aromatic carbocycles. The van der Waals surface area contributed by atoms with Crippen molar-refractivity contribution in [1.29, 1.82) is 0 Å². The molecule has 0 saturated carbocycles. The maximum Gasteiger partial charge on any atom is 0.286 e. The standard InChI is InChI=1S/C16H15N3O2/c1-16(2,3)10-4-6-11(7-5-10)19-14(20)12-13(15(19)21)18-9-8-17-12/h4-9H,1-3H3. The number of imide groups is 1. The molecule has 2 aromatic rings. The van der Waals surface area contributed by atoms with E-state index in [4.69, 9.17) is 0 Å². The summed E-state index contributed by atoms with van der Waals surface area (Å²) in [5.74, 6) is -0.849. The summed E-state index contributed by atoms with van der Waals surface area (Å²) < 4.78 is 0. The number of rotatable bonds is 1. The van der Waals surface area contributed by atoms with Gasteiger partial charge in [-0.15, -0.1) is 0 Å². The van der Waals surface area contributed by atoms with Gasteiger partial charge in [-0.2, -0.15) is 0 Å². The van der Waals surface area contributed by atoms with E-state index >= 15 is 0 Å². The smallest absolute Gasteiger partial charge is 0.266 e. The number of hydrogen-bond donors (Lipinski definition) is 0. The zero-order valence-electron chi connectivity index (χ0n) is 12.1. The van der Waals surface area contributed by atoms with Crippen LogP contribution in [0.1, 0.15) is 47.3 Å². The van der Waals surface area contributed by atoms with Crippen LogP contribution in [0.4, 0.5) is 5.69 Å². The van der Waals surface area contributed by atoms with Gasteiger partial charge in [0.25, 0.3) is 11.8 Å². The van der Waals surface area contributed by atoms with E-state index in [-0.39, 0.29) is 16.8 Å². The lowest BCUT2D eigenvalue weighted by atomic mass is 9.87. The van der Waals surface area contributed by atoms with E-state index in [1.54, 1.807) is 12.1 Å². The third-order valence-corrected chi connectivity index (χ3v) is 3.50. The van der Waals surface area contributed by atoms with Crippen LogP contribution in [0.25, 0.3) is 0 Å². The van der Waals surface area contributed by atoms with E-state index in [0.717, 1.165) is 10.5 Å². The summed E-state index contributed by atoms with van der Waals surface area (Å²) in [4.78, 5) is 33.6. The molecule has 5 heteroatoms. The fourth-order valence-electron chi connectivity index (χ4n) is 2.30. The van der Waals surface area contributed by atoms with E-state index in [2.05, 4.69) is 30.7 Å². The zero-order valence-corrected chi connectivity index (χ0v) is 12.1. The number of carbonyl (C=O) groups excluding carboxylic acids is 2. The fourth-order valence-corrected chi connectivity index (χ4v) is 2.30. The molecule has 0 bridgehead atoms. The summed E-state index contributed by atoms with van der Waals surface area (Å²) in [6.45, 7) is 6.33. The van der Waals surface area contributed by atoms with Crippen LogP contribution in [-0.4, -0.2) is 21.8 Å². The maximum absolute atomic E-state index is 12.3. The Balaban J connectivity index is 2.00. The van der Waals surface area contributed by atoms with E-state index < -0.39 is 11.8 Å². The molecular weight excluding hydrogens is 266 g/mol. The molecule has 21 heavy (non-hydrogen) atoms. The van der Waals surface area contributed by atoms with Crippen molar-refractivity contribution in [3.05, 3.63) is 53.6 Å². The second-order valence-corrected chi connectivity index (χ2v) is 6.00. The molecule has 1 aliphatic rings. The quantitative estimate of drug-likeness (QED) is 0.754. The molecule has 5 nitrogen and oxygen atoms in total. The van der Waals surface area contributed by atoms with Crippen molar-refractivity contribution in [3.63, 3.8) is 0 Å². The first-order valence-electron chi connectivity index (χ1n) is 6.70. The zero-order chi connectivity index (χ0) is 15.2. The summed E-state index contributed by atoms with van der Waals surface area (Å²) in [5.41, 5.74) is 1.92. The predicted molar refractivity (Wildman–Crippen MR) is 78.3 cm³/mol. The Labute approximate surface area is 122 Å². The van der Waals surface area contributed by atoms with Gasteiger partial charge in [0.15, 0.2) is 11.4 Å². The average Bonchev–Trinajstić information content (AvgIpc) is 2.71. The molecule has 0 N–H and O–H groups in total. The molecule has 0 fully saturated rings. The molecule has 3 rings (SSSR count). The fraction of sp³-hybridized carbons (Fsp3) is 0.250. The van der Waals surface area contributed by atoms with Gasteiger partial charge >= 0.3 is 0 Å². The lowest BCUT2D eigenvalue weighted by Gasteiger charge is -2.20. The minimum absolute atomic E-state index is 0.0175.